The molecule has 0 bridgehead atoms. The summed E-state index contributed by atoms with van der Waals surface area (Å²) in [7, 11) is -4.16. The van der Waals surface area contributed by atoms with Crippen molar-refractivity contribution in [2.45, 2.75) is 84.1 Å². The van der Waals surface area contributed by atoms with Gasteiger partial charge in [-0.05, 0) is 31.9 Å². The first kappa shape index (κ1) is 33.6. The molecule has 3 unspecified atom stereocenters. The first-order valence-corrected chi connectivity index (χ1v) is 15.5. The Morgan fingerprint density at radius 1 is 1.17 bits per heavy atom. The third-order valence-electron chi connectivity index (χ3n) is 6.11. The van der Waals surface area contributed by atoms with E-state index in [-0.39, 0.29) is 18.6 Å². The molecule has 13 nitrogen and oxygen atoms in total. The van der Waals surface area contributed by atoms with Crippen LogP contribution >= 0.6 is 7.75 Å². The largest absolute Gasteiger partial charge is 0.459 e. The van der Waals surface area contributed by atoms with Crippen molar-refractivity contribution >= 4 is 13.7 Å². The minimum atomic E-state index is -4.16. The quantitative estimate of drug-likeness (QED) is 0.152. The molecule has 1 saturated heterocycles. The molecule has 1 aliphatic rings. The summed E-state index contributed by atoms with van der Waals surface area (Å²) in [6.07, 6.45) is -1.63. The zero-order chi connectivity index (χ0) is 30.7. The van der Waals surface area contributed by atoms with Crippen LogP contribution < -0.4 is 20.9 Å². The highest BCUT2D eigenvalue weighted by Gasteiger charge is 2.42. The number of nitrogens with zero attached hydrogens (tertiary/aromatic N) is 1. The summed E-state index contributed by atoms with van der Waals surface area (Å²) in [5, 5.41) is 2.87. The molecule has 1 aliphatic heterocycles. The molecule has 1 aromatic carbocycles. The third kappa shape index (κ3) is 9.58. The maximum atomic E-state index is 14.1. The van der Waals surface area contributed by atoms with Crippen LogP contribution in [0.3, 0.4) is 0 Å². The summed E-state index contributed by atoms with van der Waals surface area (Å²) in [4.78, 5) is 37.9. The van der Waals surface area contributed by atoms with E-state index < -0.39 is 68.2 Å². The van der Waals surface area contributed by atoms with Crippen LogP contribution in [0.2, 0.25) is 0 Å². The highest BCUT2D eigenvalue weighted by Crippen LogP contribution is 2.46. The van der Waals surface area contributed by atoms with Gasteiger partial charge in [0.1, 0.15) is 24.2 Å². The van der Waals surface area contributed by atoms with E-state index in [1.54, 1.807) is 44.2 Å². The molecule has 1 fully saturated rings. The number of aromatic amines is 1. The minimum absolute atomic E-state index is 0.0589. The number of carbonyl (C=O) groups is 1. The van der Waals surface area contributed by atoms with Gasteiger partial charge in [0, 0.05) is 26.1 Å². The van der Waals surface area contributed by atoms with Gasteiger partial charge >= 0.3 is 19.4 Å². The second kappa shape index (κ2) is 16.1. The molecule has 0 saturated carbocycles. The molecular weight excluding hydrogens is 576 g/mol. The number of carbonyl (C=O) groups excluding carboxylic acids is 1. The molecule has 0 radical (unpaired) electrons. The van der Waals surface area contributed by atoms with Crippen LogP contribution in [0.25, 0.3) is 0 Å². The maximum absolute atomic E-state index is 14.1. The van der Waals surface area contributed by atoms with Gasteiger partial charge in [0.2, 0.25) is 5.82 Å². The van der Waals surface area contributed by atoms with Crippen LogP contribution in [-0.4, -0.2) is 59.9 Å². The van der Waals surface area contributed by atoms with Crippen LogP contribution in [0.5, 0.6) is 5.75 Å². The van der Waals surface area contributed by atoms with Gasteiger partial charge in [-0.3, -0.25) is 23.7 Å². The molecule has 2 N–H and O–H groups in total. The van der Waals surface area contributed by atoms with Crippen LogP contribution in [-0.2, 0) is 32.8 Å². The third-order valence-corrected chi connectivity index (χ3v) is 7.77. The molecule has 2 aromatic rings. The van der Waals surface area contributed by atoms with Gasteiger partial charge in [-0.1, -0.05) is 39.0 Å². The number of nitrogens with one attached hydrogen (secondary N) is 2. The van der Waals surface area contributed by atoms with E-state index in [4.69, 9.17) is 28.0 Å². The summed E-state index contributed by atoms with van der Waals surface area (Å²) in [6, 6.07) is 7.73. The summed E-state index contributed by atoms with van der Waals surface area (Å²) >= 11 is 0. The molecule has 3 rings (SSSR count). The molecular formula is C27H39FN3O10P. The van der Waals surface area contributed by atoms with Gasteiger partial charge < -0.3 is 23.5 Å². The maximum Gasteiger partial charge on any atom is 0.459 e. The number of rotatable bonds is 17. The molecule has 0 spiro atoms. The number of benzene rings is 1. The van der Waals surface area contributed by atoms with Gasteiger partial charge in [0.15, 0.2) is 6.29 Å². The Labute approximate surface area is 243 Å². The highest BCUT2D eigenvalue weighted by atomic mass is 31.2. The SMILES string of the molecule is CCCOC(OCCC)C(C)NP(=O)(OC[C@H]1OC(n2cc(F)c(=O)[nH]c2=O)C[C@@H]1OC(=O)CC)Oc1ccccc1. The number of para-hydroxylation sites is 1. The lowest BCUT2D eigenvalue weighted by molar-refractivity contribution is -0.155. The normalized spacial score (nSPS) is 20.8. The number of esters is 1. The Hall–Kier alpha value is -2.87. The van der Waals surface area contributed by atoms with Gasteiger partial charge in [-0.25, -0.2) is 14.4 Å². The highest BCUT2D eigenvalue weighted by molar-refractivity contribution is 7.52. The smallest absolute Gasteiger partial charge is 0.459 e. The van der Waals surface area contributed by atoms with Crippen molar-refractivity contribution in [2.24, 2.45) is 0 Å². The lowest BCUT2D eigenvalue weighted by Crippen LogP contribution is -2.41. The number of hydrogen-bond acceptors (Lipinski definition) is 10. The average molecular weight is 616 g/mol. The molecule has 0 amide bonds. The molecule has 1 aromatic heterocycles. The van der Waals surface area contributed by atoms with Gasteiger partial charge in [-0.15, -0.1) is 0 Å². The molecule has 15 heteroatoms. The minimum Gasteiger partial charge on any atom is -0.459 e. The second-order valence-electron chi connectivity index (χ2n) is 9.62. The van der Waals surface area contributed by atoms with E-state index >= 15 is 0 Å². The predicted molar refractivity (Wildman–Crippen MR) is 149 cm³/mol. The van der Waals surface area contributed by atoms with Crippen molar-refractivity contribution in [3.05, 3.63) is 63.2 Å². The fourth-order valence-corrected chi connectivity index (χ4v) is 5.61. The van der Waals surface area contributed by atoms with E-state index in [9.17, 15) is 23.3 Å². The summed E-state index contributed by atoms with van der Waals surface area (Å²) in [5.41, 5.74) is -2.08. The Morgan fingerprint density at radius 2 is 1.83 bits per heavy atom. The van der Waals surface area contributed by atoms with Gasteiger partial charge in [-0.2, -0.15) is 4.39 Å². The first-order valence-electron chi connectivity index (χ1n) is 13.9. The van der Waals surface area contributed by atoms with Crippen molar-refractivity contribution in [2.75, 3.05) is 19.8 Å². The summed E-state index contributed by atoms with van der Waals surface area (Å²) in [6.45, 7) is 7.65. The van der Waals surface area contributed by atoms with Crippen LogP contribution in [0.1, 0.15) is 59.6 Å². The van der Waals surface area contributed by atoms with Crippen LogP contribution in [0, 0.1) is 5.82 Å². The van der Waals surface area contributed by atoms with Crippen molar-refractivity contribution in [3.63, 3.8) is 0 Å². The molecule has 2 heterocycles. The topological polar surface area (TPSA) is 156 Å². The molecule has 234 valence electrons. The van der Waals surface area contributed by atoms with E-state index in [0.717, 1.165) is 17.4 Å². The predicted octanol–water partition coefficient (Wildman–Crippen LogP) is 3.65. The summed E-state index contributed by atoms with van der Waals surface area (Å²) in [5.74, 6) is -1.48. The molecule has 5 atom stereocenters. The number of ether oxygens (including phenoxy) is 4. The Morgan fingerprint density at radius 3 is 2.45 bits per heavy atom. The zero-order valence-electron chi connectivity index (χ0n) is 24.2. The van der Waals surface area contributed by atoms with Crippen LogP contribution in [0.15, 0.2) is 46.1 Å². The number of hydrogen-bond donors (Lipinski definition) is 2. The Kier molecular flexibility index (Phi) is 12.9. The fourth-order valence-electron chi connectivity index (χ4n) is 4.07. The standard InChI is InChI=1S/C27H39FN3O10P/c1-5-13-36-26(37-14-6-2)18(4)30-42(35,41-19-11-9-8-10-12-19)38-17-22-21(40-24(32)7-3)15-23(39-22)31-16-20(28)25(33)29-27(31)34/h8-12,16,18,21-23,26H,5-7,13-15,17H2,1-4H3,(H,30,35)(H,29,33,34)/t18?,21-,22+,23?,42?/m0/s1. The number of H-pyrrole nitrogens is 1. The lowest BCUT2D eigenvalue weighted by atomic mass is 10.2. The van der Waals surface area contributed by atoms with E-state index in [1.807, 2.05) is 18.8 Å². The van der Waals surface area contributed by atoms with E-state index in [2.05, 4.69) is 5.09 Å². The van der Waals surface area contributed by atoms with Crippen molar-refractivity contribution in [1.82, 2.24) is 14.6 Å². The van der Waals surface area contributed by atoms with Crippen LogP contribution in [0.4, 0.5) is 4.39 Å². The Bertz CT molecular complexity index is 1300. The zero-order valence-corrected chi connectivity index (χ0v) is 25.0. The number of aromatic nitrogens is 2. The number of halogens is 1. The molecule has 0 aliphatic carbocycles. The fraction of sp³-hybridized carbons (Fsp3) is 0.593. The van der Waals surface area contributed by atoms with E-state index in [0.29, 0.717) is 19.4 Å². The average Bonchev–Trinajstić information content (AvgIpc) is 3.36. The second-order valence-corrected chi connectivity index (χ2v) is 11.3. The lowest BCUT2D eigenvalue weighted by Gasteiger charge is -2.29. The first-order chi connectivity index (χ1) is 20.1. The van der Waals surface area contributed by atoms with Gasteiger partial charge in [0.25, 0.3) is 5.56 Å². The van der Waals surface area contributed by atoms with Crippen molar-refractivity contribution in [3.8, 4) is 5.75 Å². The monoisotopic (exact) mass is 615 g/mol. The van der Waals surface area contributed by atoms with Crippen molar-refractivity contribution in [1.29, 1.82) is 0 Å². The molecule has 42 heavy (non-hydrogen) atoms. The summed E-state index contributed by atoms with van der Waals surface area (Å²) < 4.78 is 63.6. The Balaban J connectivity index is 1.84. The van der Waals surface area contributed by atoms with E-state index in [1.165, 1.54) is 0 Å². The van der Waals surface area contributed by atoms with Crippen molar-refractivity contribution < 1.29 is 41.7 Å². The van der Waals surface area contributed by atoms with Gasteiger partial charge in [0.05, 0.1) is 18.8 Å².